The molecule has 0 aliphatic carbocycles. The lowest BCUT2D eigenvalue weighted by Gasteiger charge is -2.31. The van der Waals surface area contributed by atoms with Crippen LogP contribution >= 0.6 is 0 Å². The Balaban J connectivity index is 2.18. The summed E-state index contributed by atoms with van der Waals surface area (Å²) in [6.07, 6.45) is 1.79. The lowest BCUT2D eigenvalue weighted by Crippen LogP contribution is -2.43. The first kappa shape index (κ1) is 16.4. The van der Waals surface area contributed by atoms with Crippen LogP contribution in [0.5, 0.6) is 0 Å². The summed E-state index contributed by atoms with van der Waals surface area (Å²) in [5.74, 6) is 0. The first-order chi connectivity index (χ1) is 10.1. The van der Waals surface area contributed by atoms with Gasteiger partial charge in [0.1, 0.15) is 0 Å². The fraction of sp³-hybridized carbons (Fsp3) is 0.600. The average Bonchev–Trinajstić information content (AvgIpc) is 2.48. The van der Waals surface area contributed by atoms with Gasteiger partial charge in [-0.1, -0.05) is 12.1 Å². The predicted molar refractivity (Wildman–Crippen MR) is 82.6 cm³/mol. The van der Waals surface area contributed by atoms with Crippen molar-refractivity contribution in [3.05, 3.63) is 29.8 Å². The van der Waals surface area contributed by atoms with Crippen LogP contribution < -0.4 is 5.32 Å². The Kier molecular flexibility index (Phi) is 5.75. The van der Waals surface area contributed by atoms with Crippen molar-refractivity contribution in [2.45, 2.75) is 37.3 Å². The van der Waals surface area contributed by atoms with Gasteiger partial charge in [0, 0.05) is 26.2 Å². The molecule has 1 unspecified atom stereocenters. The van der Waals surface area contributed by atoms with Gasteiger partial charge in [0.05, 0.1) is 11.0 Å². The molecule has 2 rings (SSSR count). The molecule has 5 nitrogen and oxygen atoms in total. The average molecular weight is 312 g/mol. The van der Waals surface area contributed by atoms with Crippen molar-refractivity contribution in [2.24, 2.45) is 0 Å². The molecule has 0 radical (unpaired) electrons. The van der Waals surface area contributed by atoms with E-state index in [0.717, 1.165) is 18.4 Å². The van der Waals surface area contributed by atoms with E-state index < -0.39 is 10.0 Å². The minimum absolute atomic E-state index is 0.0130. The number of sulfonamides is 1. The van der Waals surface area contributed by atoms with E-state index in [1.165, 1.54) is 0 Å². The predicted octanol–water partition coefficient (Wildman–Crippen LogP) is 1.60. The molecule has 1 saturated heterocycles. The first-order valence-corrected chi connectivity index (χ1v) is 8.87. The van der Waals surface area contributed by atoms with Crippen LogP contribution in [0.15, 0.2) is 29.2 Å². The van der Waals surface area contributed by atoms with Gasteiger partial charge in [-0.2, -0.15) is 4.31 Å². The fourth-order valence-corrected chi connectivity index (χ4v) is 4.25. The van der Waals surface area contributed by atoms with E-state index in [2.05, 4.69) is 5.32 Å². The third-order valence-corrected chi connectivity index (χ3v) is 5.52. The van der Waals surface area contributed by atoms with Gasteiger partial charge in [-0.3, -0.25) is 0 Å². The summed E-state index contributed by atoms with van der Waals surface area (Å²) in [5, 5.41) is 3.04. The molecule has 0 saturated carbocycles. The molecule has 1 fully saturated rings. The number of nitrogens with one attached hydrogen (secondary N) is 1. The van der Waals surface area contributed by atoms with Crippen molar-refractivity contribution in [2.75, 3.05) is 26.7 Å². The molecule has 1 atom stereocenters. The zero-order valence-corrected chi connectivity index (χ0v) is 13.5. The van der Waals surface area contributed by atoms with E-state index in [1.807, 2.05) is 20.0 Å². The molecule has 0 aromatic heterocycles. The van der Waals surface area contributed by atoms with Crippen LogP contribution in [0.2, 0.25) is 0 Å². The lowest BCUT2D eigenvalue weighted by atomic mass is 10.1. The highest BCUT2D eigenvalue weighted by molar-refractivity contribution is 7.89. The topological polar surface area (TPSA) is 58.6 Å². The zero-order chi connectivity index (χ0) is 15.3. The maximum Gasteiger partial charge on any atom is 0.243 e. The van der Waals surface area contributed by atoms with Crippen molar-refractivity contribution in [3.8, 4) is 0 Å². The Morgan fingerprint density at radius 1 is 1.43 bits per heavy atom. The Bertz CT molecular complexity index is 558. The van der Waals surface area contributed by atoms with E-state index in [9.17, 15) is 8.42 Å². The Morgan fingerprint density at radius 2 is 2.24 bits per heavy atom. The molecule has 6 heteroatoms. The monoisotopic (exact) mass is 312 g/mol. The van der Waals surface area contributed by atoms with Crippen molar-refractivity contribution < 1.29 is 13.2 Å². The van der Waals surface area contributed by atoms with Gasteiger partial charge in [-0.25, -0.2) is 8.42 Å². The molecule has 1 aliphatic rings. The van der Waals surface area contributed by atoms with Gasteiger partial charge < -0.3 is 10.1 Å². The van der Waals surface area contributed by atoms with E-state index in [0.29, 0.717) is 31.1 Å². The van der Waals surface area contributed by atoms with E-state index in [-0.39, 0.29) is 6.10 Å². The molecular formula is C15H24N2O3S. The van der Waals surface area contributed by atoms with Crippen LogP contribution in [0.4, 0.5) is 0 Å². The Morgan fingerprint density at radius 3 is 2.95 bits per heavy atom. The molecule has 0 spiro atoms. The molecule has 21 heavy (non-hydrogen) atoms. The summed E-state index contributed by atoms with van der Waals surface area (Å²) in [6.45, 7) is 4.24. The van der Waals surface area contributed by atoms with Gasteiger partial charge in [0.25, 0.3) is 0 Å². The second-order valence-electron chi connectivity index (χ2n) is 5.26. The smallest absolute Gasteiger partial charge is 0.243 e. The highest BCUT2D eigenvalue weighted by Crippen LogP contribution is 2.22. The van der Waals surface area contributed by atoms with Gasteiger partial charge in [-0.05, 0) is 44.5 Å². The second kappa shape index (κ2) is 7.35. The minimum atomic E-state index is -3.43. The highest BCUT2D eigenvalue weighted by atomic mass is 32.2. The van der Waals surface area contributed by atoms with E-state index >= 15 is 0 Å². The minimum Gasteiger partial charge on any atom is -0.377 e. The van der Waals surface area contributed by atoms with Crippen LogP contribution in [0.3, 0.4) is 0 Å². The van der Waals surface area contributed by atoms with Gasteiger partial charge >= 0.3 is 0 Å². The summed E-state index contributed by atoms with van der Waals surface area (Å²) in [4.78, 5) is 0.368. The van der Waals surface area contributed by atoms with Crippen molar-refractivity contribution >= 4 is 10.0 Å². The normalized spacial score (nSPS) is 20.6. The molecule has 118 valence electrons. The van der Waals surface area contributed by atoms with Crippen molar-refractivity contribution in [3.63, 3.8) is 0 Å². The van der Waals surface area contributed by atoms with Gasteiger partial charge in [0.15, 0.2) is 0 Å². The Hall–Kier alpha value is -0.950. The molecule has 1 aromatic carbocycles. The number of rotatable bonds is 6. The highest BCUT2D eigenvalue weighted by Gasteiger charge is 2.30. The summed E-state index contributed by atoms with van der Waals surface area (Å²) >= 11 is 0. The zero-order valence-electron chi connectivity index (χ0n) is 12.7. The van der Waals surface area contributed by atoms with Crippen LogP contribution in [0.25, 0.3) is 0 Å². The third kappa shape index (κ3) is 4.03. The molecule has 1 heterocycles. The summed E-state index contributed by atoms with van der Waals surface area (Å²) < 4.78 is 32.6. The van der Waals surface area contributed by atoms with Gasteiger partial charge in [-0.15, -0.1) is 0 Å². The first-order valence-electron chi connectivity index (χ1n) is 7.43. The largest absolute Gasteiger partial charge is 0.377 e. The Labute approximate surface area is 127 Å². The van der Waals surface area contributed by atoms with Crippen LogP contribution in [-0.4, -0.2) is 45.6 Å². The van der Waals surface area contributed by atoms with Crippen molar-refractivity contribution in [1.82, 2.24) is 9.62 Å². The molecule has 1 aliphatic heterocycles. The van der Waals surface area contributed by atoms with Crippen molar-refractivity contribution in [1.29, 1.82) is 0 Å². The van der Waals surface area contributed by atoms with Crippen LogP contribution in [0.1, 0.15) is 25.3 Å². The van der Waals surface area contributed by atoms with Gasteiger partial charge in [0.2, 0.25) is 10.0 Å². The SMILES string of the molecule is CCOC1CCCN(S(=O)(=O)c2cccc(CNC)c2)C1. The molecule has 1 aromatic rings. The number of hydrogen-bond donors (Lipinski definition) is 1. The van der Waals surface area contributed by atoms with Crippen LogP contribution in [0, 0.1) is 0 Å². The fourth-order valence-electron chi connectivity index (χ4n) is 2.66. The van der Waals surface area contributed by atoms with E-state index in [1.54, 1.807) is 22.5 Å². The molecular weight excluding hydrogens is 288 g/mol. The second-order valence-corrected chi connectivity index (χ2v) is 7.20. The molecule has 0 amide bonds. The lowest BCUT2D eigenvalue weighted by molar-refractivity contribution is 0.0265. The molecule has 1 N–H and O–H groups in total. The summed E-state index contributed by atoms with van der Waals surface area (Å²) in [6, 6.07) is 7.13. The number of ether oxygens (including phenoxy) is 1. The number of nitrogens with zero attached hydrogens (tertiary/aromatic N) is 1. The van der Waals surface area contributed by atoms with E-state index in [4.69, 9.17) is 4.74 Å². The quantitative estimate of drug-likeness (QED) is 0.867. The number of benzene rings is 1. The number of hydrogen-bond acceptors (Lipinski definition) is 4. The summed E-state index contributed by atoms with van der Waals surface area (Å²) in [5.41, 5.74) is 0.969. The molecule has 0 bridgehead atoms. The summed E-state index contributed by atoms with van der Waals surface area (Å²) in [7, 11) is -1.58. The maximum atomic E-state index is 12.7. The number of piperidine rings is 1. The standard InChI is InChI=1S/C15H24N2O3S/c1-3-20-14-7-5-9-17(12-14)21(18,19)15-8-4-6-13(10-15)11-16-2/h4,6,8,10,14,16H,3,5,7,9,11-12H2,1-2H3. The maximum absolute atomic E-state index is 12.7. The third-order valence-electron chi connectivity index (χ3n) is 3.66. The van der Waals surface area contributed by atoms with Crippen LogP contribution in [-0.2, 0) is 21.3 Å².